The number of Topliss-reactive ketones (excluding diaryl/α,β-unsaturated/α-hetero) is 1. The van der Waals surface area contributed by atoms with E-state index in [2.05, 4.69) is 39.1 Å². The van der Waals surface area contributed by atoms with Crippen molar-refractivity contribution < 1.29 is 22.6 Å². The van der Waals surface area contributed by atoms with Gasteiger partial charge in [-0.25, -0.2) is 0 Å². The number of hydrogen-bond acceptors (Lipinski definition) is 5. The van der Waals surface area contributed by atoms with Crippen LogP contribution in [0.2, 0.25) is 0 Å². The number of carbonyl (C=O) groups is 2. The molecule has 0 bridgehead atoms. The highest BCUT2D eigenvalue weighted by Gasteiger charge is 2.66. The third-order valence-electron chi connectivity index (χ3n) is 8.87. The van der Waals surface area contributed by atoms with Crippen LogP contribution in [0.25, 0.3) is 0 Å². The molecular weight excluding hydrogens is 402 g/mol. The summed E-state index contributed by atoms with van der Waals surface area (Å²) in [7, 11) is -4.14. The Morgan fingerprint density at radius 1 is 1.20 bits per heavy atom. The third-order valence-corrected chi connectivity index (χ3v) is 9.59. The lowest BCUT2D eigenvalue weighted by Crippen LogP contribution is -2.54. The normalized spacial score (nSPS) is 38.5. The van der Waals surface area contributed by atoms with Crippen molar-refractivity contribution in [3.8, 4) is 0 Å². The van der Waals surface area contributed by atoms with E-state index in [0.717, 1.165) is 25.7 Å². The minimum Gasteiger partial charge on any atom is -0.381 e. The van der Waals surface area contributed by atoms with Crippen LogP contribution in [0.3, 0.4) is 0 Å². The number of fused-ring (bicyclic) bond motifs is 4. The van der Waals surface area contributed by atoms with Gasteiger partial charge in [0.15, 0.2) is 5.78 Å². The van der Waals surface area contributed by atoms with Crippen molar-refractivity contribution in [2.45, 2.75) is 59.8 Å². The summed E-state index contributed by atoms with van der Waals surface area (Å²) in [4.78, 5) is 26.5. The fourth-order valence-electron chi connectivity index (χ4n) is 6.85. The molecule has 4 aliphatic carbocycles. The molecule has 4 aliphatic rings. The summed E-state index contributed by atoms with van der Waals surface area (Å²) in [6.45, 7) is 8.85. The van der Waals surface area contributed by atoms with Crippen LogP contribution in [0, 0.1) is 22.2 Å². The number of ketones is 2. The zero-order valence-electron chi connectivity index (χ0n) is 18.2. The monoisotopic (exact) mass is 433 g/mol. The molecule has 1 saturated carbocycles. The number of carbonyl (C=O) groups excluding carboxylic acids is 2. The lowest BCUT2D eigenvalue weighted by Gasteiger charge is -2.61. The topological polar surface area (TPSA) is 101 Å². The lowest BCUT2D eigenvalue weighted by atomic mass is 9.43. The van der Waals surface area contributed by atoms with Gasteiger partial charge in [0.1, 0.15) is 0 Å². The van der Waals surface area contributed by atoms with E-state index in [4.69, 9.17) is 4.55 Å². The molecular formula is C23H31NO5S. The predicted molar refractivity (Wildman–Crippen MR) is 114 cm³/mol. The highest BCUT2D eigenvalue weighted by atomic mass is 32.2. The molecule has 0 aromatic rings. The van der Waals surface area contributed by atoms with Gasteiger partial charge in [-0.2, -0.15) is 8.42 Å². The van der Waals surface area contributed by atoms with Crippen LogP contribution in [-0.2, 0) is 19.7 Å². The van der Waals surface area contributed by atoms with Gasteiger partial charge >= 0.3 is 0 Å². The Balaban J connectivity index is 1.68. The molecule has 4 rings (SSSR count). The molecule has 0 aliphatic heterocycles. The second kappa shape index (κ2) is 6.63. The Morgan fingerprint density at radius 2 is 1.90 bits per heavy atom. The van der Waals surface area contributed by atoms with E-state index in [1.54, 1.807) is 0 Å². The van der Waals surface area contributed by atoms with Gasteiger partial charge in [-0.15, -0.1) is 0 Å². The minimum atomic E-state index is -4.14. The molecule has 0 heterocycles. The SMILES string of the molecule is CC1=CCC[C@H]2[C@]3(C)CC4=C(C(=O)C(NCCS(=O)(=O)O)=CC4=O)[C@]3(C)CC[C@]12C. The average molecular weight is 434 g/mol. The van der Waals surface area contributed by atoms with Crippen LogP contribution < -0.4 is 5.32 Å². The number of hydrogen-bond donors (Lipinski definition) is 2. The van der Waals surface area contributed by atoms with Crippen LogP contribution >= 0.6 is 0 Å². The highest BCUT2D eigenvalue weighted by molar-refractivity contribution is 7.85. The van der Waals surface area contributed by atoms with Crippen LogP contribution in [0.5, 0.6) is 0 Å². The van der Waals surface area contributed by atoms with Gasteiger partial charge in [0.2, 0.25) is 5.78 Å². The summed E-state index contributed by atoms with van der Waals surface area (Å²) in [5.74, 6) is -0.465. The second-order valence-electron chi connectivity index (χ2n) is 10.2. The fraction of sp³-hybridized carbons (Fsp3) is 0.652. The largest absolute Gasteiger partial charge is 0.381 e. The first-order valence-corrected chi connectivity index (χ1v) is 12.3. The van der Waals surface area contributed by atoms with Gasteiger partial charge in [0, 0.05) is 29.2 Å². The molecule has 2 N–H and O–H groups in total. The average Bonchev–Trinajstić information content (AvgIpc) is 2.89. The molecule has 1 fully saturated rings. The summed E-state index contributed by atoms with van der Waals surface area (Å²) in [5.41, 5.74) is 2.36. The Morgan fingerprint density at radius 3 is 2.57 bits per heavy atom. The van der Waals surface area contributed by atoms with Gasteiger partial charge in [-0.1, -0.05) is 32.4 Å². The van der Waals surface area contributed by atoms with Crippen molar-refractivity contribution in [3.63, 3.8) is 0 Å². The van der Waals surface area contributed by atoms with Gasteiger partial charge in [-0.05, 0) is 55.8 Å². The first-order valence-electron chi connectivity index (χ1n) is 10.7. The maximum atomic E-state index is 13.5. The molecule has 0 amide bonds. The summed E-state index contributed by atoms with van der Waals surface area (Å²) < 4.78 is 31.0. The Kier molecular flexibility index (Phi) is 4.75. The number of rotatable bonds is 4. The maximum absolute atomic E-state index is 13.5. The molecule has 0 saturated heterocycles. The van der Waals surface area contributed by atoms with Gasteiger partial charge in [0.25, 0.3) is 10.1 Å². The van der Waals surface area contributed by atoms with E-state index in [1.165, 1.54) is 11.6 Å². The van der Waals surface area contributed by atoms with Crippen LogP contribution in [0.15, 0.2) is 34.6 Å². The molecule has 4 atom stereocenters. The van der Waals surface area contributed by atoms with Crippen molar-refractivity contribution in [1.82, 2.24) is 5.32 Å². The minimum absolute atomic E-state index is 0.0945. The van der Waals surface area contributed by atoms with E-state index in [-0.39, 0.29) is 40.1 Å². The summed E-state index contributed by atoms with van der Waals surface area (Å²) in [6.07, 6.45) is 8.20. The van der Waals surface area contributed by atoms with Crippen molar-refractivity contribution in [2.24, 2.45) is 22.2 Å². The molecule has 164 valence electrons. The van der Waals surface area contributed by atoms with Crippen molar-refractivity contribution in [1.29, 1.82) is 0 Å². The summed E-state index contributed by atoms with van der Waals surface area (Å²) in [6, 6.07) is 0. The first kappa shape index (κ1) is 21.5. The molecule has 0 radical (unpaired) electrons. The van der Waals surface area contributed by atoms with Crippen LogP contribution in [0.4, 0.5) is 0 Å². The van der Waals surface area contributed by atoms with E-state index < -0.39 is 15.9 Å². The van der Waals surface area contributed by atoms with E-state index in [1.807, 2.05) is 0 Å². The van der Waals surface area contributed by atoms with E-state index in [0.29, 0.717) is 23.5 Å². The molecule has 0 aromatic heterocycles. The van der Waals surface area contributed by atoms with Crippen molar-refractivity contribution in [2.75, 3.05) is 12.3 Å². The van der Waals surface area contributed by atoms with E-state index in [9.17, 15) is 18.0 Å². The maximum Gasteiger partial charge on any atom is 0.266 e. The lowest BCUT2D eigenvalue weighted by molar-refractivity contribution is -0.118. The van der Waals surface area contributed by atoms with Gasteiger partial charge in [0.05, 0.1) is 11.4 Å². The molecule has 0 aromatic carbocycles. The quantitative estimate of drug-likeness (QED) is 0.401. The Labute approximate surface area is 178 Å². The smallest absolute Gasteiger partial charge is 0.266 e. The zero-order valence-corrected chi connectivity index (χ0v) is 19.0. The van der Waals surface area contributed by atoms with E-state index >= 15 is 0 Å². The zero-order chi connectivity index (χ0) is 22.1. The molecule has 30 heavy (non-hydrogen) atoms. The summed E-state index contributed by atoms with van der Waals surface area (Å²) >= 11 is 0. The van der Waals surface area contributed by atoms with Crippen molar-refractivity contribution in [3.05, 3.63) is 34.6 Å². The molecule has 0 spiro atoms. The van der Waals surface area contributed by atoms with Gasteiger partial charge < -0.3 is 5.32 Å². The standard InChI is InChI=1S/C23H31NO5S/c1-14-6-5-7-18-21(14,2)8-9-22(3)19-15(13-23(18,22)4)17(25)12-16(20(19)26)24-10-11-30(27,28)29/h6,12,18,24H,5,7-11,13H2,1-4H3,(H,27,28,29)/t18-,21-,22+,23+/m1/s1. The fourth-order valence-corrected chi connectivity index (χ4v) is 7.21. The molecule has 7 heteroatoms. The Bertz CT molecular complexity index is 1040. The first-order chi connectivity index (χ1) is 13.8. The summed E-state index contributed by atoms with van der Waals surface area (Å²) in [5, 5.41) is 2.78. The van der Waals surface area contributed by atoms with Crippen molar-refractivity contribution >= 4 is 21.7 Å². The molecule has 0 unspecified atom stereocenters. The Hall–Kier alpha value is -1.73. The number of allylic oxidation sites excluding steroid dienone is 5. The second-order valence-corrected chi connectivity index (χ2v) is 11.8. The third kappa shape index (κ3) is 2.88. The highest BCUT2D eigenvalue weighted by Crippen LogP contribution is 2.72. The van der Waals surface area contributed by atoms with Crippen LogP contribution in [-0.4, -0.2) is 36.8 Å². The number of nitrogens with one attached hydrogen (secondary N) is 1. The van der Waals surface area contributed by atoms with Gasteiger partial charge in [-0.3, -0.25) is 14.1 Å². The molecule has 6 nitrogen and oxygen atoms in total. The van der Waals surface area contributed by atoms with Crippen LogP contribution in [0.1, 0.15) is 59.8 Å². The predicted octanol–water partition coefficient (Wildman–Crippen LogP) is 3.37.